The normalized spacial score (nSPS) is 11.7. The minimum atomic E-state index is -3.19. The summed E-state index contributed by atoms with van der Waals surface area (Å²) in [5.41, 5.74) is 4.58. The van der Waals surface area contributed by atoms with Crippen molar-refractivity contribution < 1.29 is 8.42 Å². The Morgan fingerprint density at radius 1 is 1.07 bits per heavy atom. The van der Waals surface area contributed by atoms with Gasteiger partial charge in [-0.2, -0.15) is 0 Å². The van der Waals surface area contributed by atoms with Crippen LogP contribution in [0.3, 0.4) is 0 Å². The molecular formula is C21H26N4O2S2. The number of hydrogen-bond acceptors (Lipinski definition) is 5. The maximum absolute atomic E-state index is 11.6. The van der Waals surface area contributed by atoms with Crippen LogP contribution < -0.4 is 4.72 Å². The number of nitrogens with zero attached hydrogens (tertiary/aromatic N) is 3. The lowest BCUT2D eigenvalue weighted by Crippen LogP contribution is -2.22. The van der Waals surface area contributed by atoms with Crippen molar-refractivity contribution in [1.82, 2.24) is 19.5 Å². The van der Waals surface area contributed by atoms with Crippen molar-refractivity contribution in [2.24, 2.45) is 0 Å². The molecule has 0 radical (unpaired) electrons. The molecule has 6 nitrogen and oxygen atoms in total. The third-order valence-corrected chi connectivity index (χ3v) is 7.06. The van der Waals surface area contributed by atoms with Crippen molar-refractivity contribution in [3.8, 4) is 5.69 Å². The quantitative estimate of drug-likeness (QED) is 0.415. The highest BCUT2D eigenvalue weighted by atomic mass is 32.2. The second-order valence-electron chi connectivity index (χ2n) is 6.91. The Bertz CT molecular complexity index is 1060. The number of aryl methyl sites for hydroxylation is 2. The van der Waals surface area contributed by atoms with E-state index in [2.05, 4.69) is 63.7 Å². The summed E-state index contributed by atoms with van der Waals surface area (Å²) in [4.78, 5) is 0. The van der Waals surface area contributed by atoms with Gasteiger partial charge in [0.15, 0.2) is 5.16 Å². The monoisotopic (exact) mass is 430 g/mol. The zero-order valence-corrected chi connectivity index (χ0v) is 18.6. The Balaban J connectivity index is 1.87. The number of hydrogen-bond donors (Lipinski definition) is 1. The zero-order chi connectivity index (χ0) is 20.9. The molecule has 3 rings (SSSR count). The summed E-state index contributed by atoms with van der Waals surface area (Å²) in [6.45, 7) is 4.16. The lowest BCUT2D eigenvalue weighted by atomic mass is 10.1. The predicted molar refractivity (Wildman–Crippen MR) is 118 cm³/mol. The molecule has 0 aliphatic rings. The highest BCUT2D eigenvalue weighted by Crippen LogP contribution is 2.26. The molecule has 1 heterocycles. The van der Waals surface area contributed by atoms with Gasteiger partial charge in [-0.05, 0) is 44.5 Å². The molecule has 1 aromatic heterocycles. The highest BCUT2D eigenvalue weighted by molar-refractivity contribution is 7.99. The van der Waals surface area contributed by atoms with Gasteiger partial charge in [-0.1, -0.05) is 59.8 Å². The summed E-state index contributed by atoms with van der Waals surface area (Å²) in [6.07, 6.45) is 1.22. The Hall–Kier alpha value is -2.16. The number of nitrogens with one attached hydrogen (secondary N) is 1. The first kappa shape index (κ1) is 21.5. The van der Waals surface area contributed by atoms with Crippen LogP contribution in [-0.2, 0) is 16.4 Å². The molecule has 154 valence electrons. The fourth-order valence-corrected chi connectivity index (χ4v) is 4.91. The van der Waals surface area contributed by atoms with Crippen LogP contribution in [0.5, 0.6) is 0 Å². The number of thioether (sulfide) groups is 1. The Morgan fingerprint density at radius 3 is 2.52 bits per heavy atom. The third kappa shape index (κ3) is 5.68. The smallest absolute Gasteiger partial charge is 0.211 e. The van der Waals surface area contributed by atoms with Gasteiger partial charge >= 0.3 is 0 Å². The fourth-order valence-electron chi connectivity index (χ4n) is 3.10. The number of aromatic nitrogens is 3. The molecule has 1 N–H and O–H groups in total. The van der Waals surface area contributed by atoms with Crippen molar-refractivity contribution in [2.45, 2.75) is 31.8 Å². The number of rotatable bonds is 9. The van der Waals surface area contributed by atoms with E-state index < -0.39 is 10.0 Å². The molecule has 0 saturated carbocycles. The van der Waals surface area contributed by atoms with Gasteiger partial charge in [0, 0.05) is 12.2 Å². The molecule has 0 spiro atoms. The van der Waals surface area contributed by atoms with Gasteiger partial charge in [-0.3, -0.25) is 4.57 Å². The van der Waals surface area contributed by atoms with Crippen LogP contribution in [0.25, 0.3) is 5.69 Å². The van der Waals surface area contributed by atoms with Gasteiger partial charge in [-0.15, -0.1) is 10.2 Å². The lowest BCUT2D eigenvalue weighted by Gasteiger charge is -2.13. The minimum absolute atomic E-state index is 0.102. The van der Waals surface area contributed by atoms with E-state index >= 15 is 0 Å². The van der Waals surface area contributed by atoms with E-state index in [1.807, 2.05) is 18.2 Å². The Morgan fingerprint density at radius 2 is 1.83 bits per heavy atom. The maximum atomic E-state index is 11.6. The lowest BCUT2D eigenvalue weighted by molar-refractivity contribution is 0.587. The molecule has 0 aliphatic heterocycles. The molecule has 0 atom stereocenters. The van der Waals surface area contributed by atoms with E-state index in [1.54, 1.807) is 0 Å². The second-order valence-corrected chi connectivity index (χ2v) is 10.0. The largest absolute Gasteiger partial charge is 0.273 e. The van der Waals surface area contributed by atoms with Crippen molar-refractivity contribution in [3.05, 3.63) is 71.0 Å². The van der Waals surface area contributed by atoms with Crippen LogP contribution in [0.2, 0.25) is 0 Å². The second kappa shape index (κ2) is 9.56. The first-order valence-electron chi connectivity index (χ1n) is 9.49. The van der Waals surface area contributed by atoms with E-state index in [-0.39, 0.29) is 5.75 Å². The summed E-state index contributed by atoms with van der Waals surface area (Å²) in [5.74, 6) is 1.62. The maximum Gasteiger partial charge on any atom is 0.211 e. The molecular weight excluding hydrogens is 404 g/mol. The fraction of sp³-hybridized carbons (Fsp3) is 0.333. The van der Waals surface area contributed by atoms with Crippen LogP contribution in [0.15, 0.2) is 53.7 Å². The van der Waals surface area contributed by atoms with Crippen molar-refractivity contribution in [2.75, 3.05) is 18.6 Å². The third-order valence-electron chi connectivity index (χ3n) is 4.60. The molecule has 3 aromatic rings. The molecule has 0 aliphatic carbocycles. The summed E-state index contributed by atoms with van der Waals surface area (Å²) >= 11 is 1.53. The predicted octanol–water partition coefficient (Wildman–Crippen LogP) is 3.51. The van der Waals surface area contributed by atoms with E-state index in [0.717, 1.165) is 22.2 Å². The molecule has 0 amide bonds. The Kier molecular flexibility index (Phi) is 7.10. The summed E-state index contributed by atoms with van der Waals surface area (Å²) in [7, 11) is -1.75. The molecule has 8 heteroatoms. The molecule has 0 saturated heterocycles. The average Bonchev–Trinajstić information content (AvgIpc) is 3.08. The summed E-state index contributed by atoms with van der Waals surface area (Å²) in [5, 5.41) is 9.66. The zero-order valence-electron chi connectivity index (χ0n) is 16.9. The van der Waals surface area contributed by atoms with Crippen LogP contribution in [0.1, 0.15) is 28.9 Å². The van der Waals surface area contributed by atoms with Crippen LogP contribution in [0.4, 0.5) is 0 Å². The van der Waals surface area contributed by atoms with Crippen molar-refractivity contribution in [3.63, 3.8) is 0 Å². The highest BCUT2D eigenvalue weighted by Gasteiger charge is 2.17. The summed E-state index contributed by atoms with van der Waals surface area (Å²) in [6, 6.07) is 16.5. The molecule has 0 bridgehead atoms. The van der Waals surface area contributed by atoms with Gasteiger partial charge in [0.25, 0.3) is 0 Å². The van der Waals surface area contributed by atoms with Gasteiger partial charge in [0.2, 0.25) is 10.0 Å². The molecule has 2 aromatic carbocycles. The standard InChI is InChI=1S/C21H26N4O2S2/c1-16-10-11-19(17(2)14-16)25-20(15-18-8-5-4-6-9-18)23-24-21(25)28-12-7-13-29(26,27)22-3/h4-6,8-11,14,22H,7,12-13,15H2,1-3H3. The van der Waals surface area contributed by atoms with E-state index in [1.165, 1.54) is 29.9 Å². The average molecular weight is 431 g/mol. The Labute approximate surface area is 176 Å². The first-order valence-corrected chi connectivity index (χ1v) is 12.1. The van der Waals surface area contributed by atoms with Crippen molar-refractivity contribution in [1.29, 1.82) is 0 Å². The van der Waals surface area contributed by atoms with E-state index in [9.17, 15) is 8.42 Å². The van der Waals surface area contributed by atoms with Crippen molar-refractivity contribution >= 4 is 21.8 Å². The molecule has 0 unspecified atom stereocenters. The topological polar surface area (TPSA) is 76.9 Å². The number of sulfonamides is 1. The minimum Gasteiger partial charge on any atom is -0.273 e. The SMILES string of the molecule is CNS(=O)(=O)CCCSc1nnc(Cc2ccccc2)n1-c1ccc(C)cc1C. The van der Waals surface area contributed by atoms with Crippen LogP contribution in [-0.4, -0.2) is 41.7 Å². The number of benzene rings is 2. The van der Waals surface area contributed by atoms with E-state index in [0.29, 0.717) is 18.6 Å². The molecule has 0 fully saturated rings. The molecule has 29 heavy (non-hydrogen) atoms. The van der Waals surface area contributed by atoms with Gasteiger partial charge in [-0.25, -0.2) is 13.1 Å². The van der Waals surface area contributed by atoms with Crippen LogP contribution >= 0.6 is 11.8 Å². The van der Waals surface area contributed by atoms with Gasteiger partial charge in [0.1, 0.15) is 5.82 Å². The van der Waals surface area contributed by atoms with Gasteiger partial charge in [0.05, 0.1) is 11.4 Å². The first-order chi connectivity index (χ1) is 13.9. The van der Waals surface area contributed by atoms with Crippen LogP contribution in [0, 0.1) is 13.8 Å². The summed E-state index contributed by atoms with van der Waals surface area (Å²) < 4.78 is 27.7. The van der Waals surface area contributed by atoms with Gasteiger partial charge < -0.3 is 0 Å². The van der Waals surface area contributed by atoms with E-state index in [4.69, 9.17) is 0 Å².